The van der Waals surface area contributed by atoms with Crippen LogP contribution in [0.4, 0.5) is 0 Å². The molecule has 0 aliphatic heterocycles. The number of imidazole rings is 1. The Balaban J connectivity index is 1.90. The van der Waals surface area contributed by atoms with Crippen molar-refractivity contribution in [1.82, 2.24) is 9.97 Å². The van der Waals surface area contributed by atoms with E-state index in [-0.39, 0.29) is 0 Å². The van der Waals surface area contributed by atoms with E-state index in [0.29, 0.717) is 10.0 Å². The van der Waals surface area contributed by atoms with E-state index in [1.165, 1.54) is 0 Å². The molecule has 2 nitrogen and oxygen atoms in total. The van der Waals surface area contributed by atoms with E-state index in [1.807, 2.05) is 54.6 Å². The molecule has 0 fully saturated rings. The van der Waals surface area contributed by atoms with Crippen molar-refractivity contribution in [1.29, 1.82) is 0 Å². The lowest BCUT2D eigenvalue weighted by Gasteiger charge is -2.03. The first kappa shape index (κ1) is 17.6. The Morgan fingerprint density at radius 2 is 1.35 bits per heavy atom. The SMILES string of the molecule is Clc1ccc(-c2nc(-c3cccc(I)c3)[nH]c2-c2ccc(Cl)cc2)cc1. The van der Waals surface area contributed by atoms with E-state index >= 15 is 0 Å². The molecule has 0 atom stereocenters. The van der Waals surface area contributed by atoms with Gasteiger partial charge in [-0.15, -0.1) is 0 Å². The number of halogens is 3. The lowest BCUT2D eigenvalue weighted by atomic mass is 10.1. The van der Waals surface area contributed by atoms with Gasteiger partial charge in [-0.05, 0) is 59.0 Å². The summed E-state index contributed by atoms with van der Waals surface area (Å²) in [7, 11) is 0. The number of rotatable bonds is 3. The highest BCUT2D eigenvalue weighted by atomic mass is 127. The quantitative estimate of drug-likeness (QED) is 0.299. The van der Waals surface area contributed by atoms with Gasteiger partial charge in [-0.25, -0.2) is 4.98 Å². The molecule has 0 saturated carbocycles. The van der Waals surface area contributed by atoms with Crippen LogP contribution in [-0.4, -0.2) is 9.97 Å². The van der Waals surface area contributed by atoms with Crippen LogP contribution in [0.1, 0.15) is 0 Å². The number of hydrogen-bond acceptors (Lipinski definition) is 1. The number of aromatic amines is 1. The van der Waals surface area contributed by atoms with Crippen LogP contribution in [0.5, 0.6) is 0 Å². The maximum absolute atomic E-state index is 6.05. The Kier molecular flexibility index (Phi) is 5.02. The molecule has 0 aliphatic rings. The van der Waals surface area contributed by atoms with Gasteiger partial charge in [0.25, 0.3) is 0 Å². The minimum atomic E-state index is 0.704. The van der Waals surface area contributed by atoms with Crippen molar-refractivity contribution in [2.24, 2.45) is 0 Å². The van der Waals surface area contributed by atoms with Crippen LogP contribution in [-0.2, 0) is 0 Å². The topological polar surface area (TPSA) is 28.7 Å². The lowest BCUT2D eigenvalue weighted by molar-refractivity contribution is 1.31. The molecule has 0 unspecified atom stereocenters. The summed E-state index contributed by atoms with van der Waals surface area (Å²) in [4.78, 5) is 8.37. The lowest BCUT2D eigenvalue weighted by Crippen LogP contribution is -1.83. The van der Waals surface area contributed by atoms with Gasteiger partial charge in [0.05, 0.1) is 11.4 Å². The molecule has 0 aliphatic carbocycles. The third-order valence-corrected chi connectivity index (χ3v) is 5.23. The predicted octanol–water partition coefficient (Wildman–Crippen LogP) is 7.32. The van der Waals surface area contributed by atoms with Crippen LogP contribution in [0, 0.1) is 3.57 Å². The van der Waals surface area contributed by atoms with Gasteiger partial charge in [-0.1, -0.05) is 59.6 Å². The summed E-state index contributed by atoms with van der Waals surface area (Å²) < 4.78 is 1.16. The first-order valence-corrected chi connectivity index (χ1v) is 9.81. The highest BCUT2D eigenvalue weighted by Crippen LogP contribution is 2.34. The highest BCUT2D eigenvalue weighted by molar-refractivity contribution is 14.1. The second kappa shape index (κ2) is 7.43. The normalized spacial score (nSPS) is 10.9. The van der Waals surface area contributed by atoms with Crippen molar-refractivity contribution in [3.63, 3.8) is 0 Å². The van der Waals surface area contributed by atoms with Gasteiger partial charge < -0.3 is 4.98 Å². The summed E-state index contributed by atoms with van der Waals surface area (Å²) >= 11 is 14.4. The summed E-state index contributed by atoms with van der Waals surface area (Å²) in [5.74, 6) is 0.832. The molecule has 0 amide bonds. The van der Waals surface area contributed by atoms with E-state index in [0.717, 1.165) is 37.5 Å². The Bertz CT molecular complexity index is 991. The molecule has 1 aromatic heterocycles. The number of nitrogens with one attached hydrogen (secondary N) is 1. The third-order valence-electron chi connectivity index (χ3n) is 4.05. The Hall–Kier alpha value is -1.82. The van der Waals surface area contributed by atoms with Crippen molar-refractivity contribution < 1.29 is 0 Å². The zero-order valence-corrected chi connectivity index (χ0v) is 17.2. The minimum absolute atomic E-state index is 0.704. The number of aromatic nitrogens is 2. The molecule has 26 heavy (non-hydrogen) atoms. The van der Waals surface area contributed by atoms with Crippen LogP contribution in [0.2, 0.25) is 10.0 Å². The summed E-state index contributed by atoms with van der Waals surface area (Å²) in [6, 6.07) is 23.7. The van der Waals surface area contributed by atoms with Crippen molar-refractivity contribution in [2.75, 3.05) is 0 Å². The molecule has 4 aromatic rings. The highest BCUT2D eigenvalue weighted by Gasteiger charge is 2.15. The molecule has 0 bridgehead atoms. The summed E-state index contributed by atoms with van der Waals surface area (Å²) in [5, 5.41) is 1.41. The molecule has 0 spiro atoms. The second-order valence-corrected chi connectivity index (χ2v) is 7.95. The molecule has 128 valence electrons. The first-order chi connectivity index (χ1) is 12.6. The van der Waals surface area contributed by atoms with E-state index in [4.69, 9.17) is 28.2 Å². The van der Waals surface area contributed by atoms with Gasteiger partial charge in [-0.3, -0.25) is 0 Å². The molecule has 0 saturated heterocycles. The van der Waals surface area contributed by atoms with E-state index in [2.05, 4.69) is 45.8 Å². The van der Waals surface area contributed by atoms with Crippen molar-refractivity contribution in [2.45, 2.75) is 0 Å². The van der Waals surface area contributed by atoms with Crippen LogP contribution >= 0.6 is 45.8 Å². The monoisotopic (exact) mass is 490 g/mol. The number of nitrogens with zero attached hydrogens (tertiary/aromatic N) is 1. The Morgan fingerprint density at radius 3 is 1.96 bits per heavy atom. The first-order valence-electron chi connectivity index (χ1n) is 7.98. The fourth-order valence-corrected chi connectivity index (χ4v) is 3.58. The zero-order chi connectivity index (χ0) is 18.1. The molecule has 3 aromatic carbocycles. The third kappa shape index (κ3) is 3.65. The molecule has 1 heterocycles. The maximum atomic E-state index is 6.05. The fraction of sp³-hybridized carbons (Fsp3) is 0. The zero-order valence-electron chi connectivity index (χ0n) is 13.5. The molecular formula is C21H13Cl2IN2. The van der Waals surface area contributed by atoms with Gasteiger partial charge in [0.2, 0.25) is 0 Å². The van der Waals surface area contributed by atoms with E-state index in [9.17, 15) is 0 Å². The minimum Gasteiger partial charge on any atom is -0.337 e. The van der Waals surface area contributed by atoms with Gasteiger partial charge in [-0.2, -0.15) is 0 Å². The predicted molar refractivity (Wildman–Crippen MR) is 118 cm³/mol. The number of benzene rings is 3. The van der Waals surface area contributed by atoms with Crippen LogP contribution in [0.3, 0.4) is 0 Å². The standard InChI is InChI=1S/C21H13Cl2IN2/c22-16-8-4-13(5-9-16)19-20(14-6-10-17(23)11-7-14)26-21(25-19)15-2-1-3-18(24)12-15/h1-12H,(H,25,26). The summed E-state index contributed by atoms with van der Waals surface area (Å²) in [6.07, 6.45) is 0. The number of H-pyrrole nitrogens is 1. The van der Waals surface area contributed by atoms with Crippen LogP contribution in [0.15, 0.2) is 72.8 Å². The Morgan fingerprint density at radius 1 is 0.731 bits per heavy atom. The van der Waals surface area contributed by atoms with Gasteiger partial charge in [0, 0.05) is 30.3 Å². The molecule has 1 N–H and O–H groups in total. The fourth-order valence-electron chi connectivity index (χ4n) is 2.79. The average molecular weight is 491 g/mol. The van der Waals surface area contributed by atoms with Crippen LogP contribution in [0.25, 0.3) is 33.9 Å². The summed E-state index contributed by atoms with van der Waals surface area (Å²) in [5.41, 5.74) is 4.93. The van der Waals surface area contributed by atoms with Gasteiger partial charge >= 0.3 is 0 Å². The van der Waals surface area contributed by atoms with Gasteiger partial charge in [0.1, 0.15) is 5.82 Å². The van der Waals surface area contributed by atoms with Crippen molar-refractivity contribution in [3.05, 3.63) is 86.4 Å². The largest absolute Gasteiger partial charge is 0.337 e. The van der Waals surface area contributed by atoms with E-state index in [1.54, 1.807) is 0 Å². The summed E-state index contributed by atoms with van der Waals surface area (Å²) in [6.45, 7) is 0. The molecule has 4 rings (SSSR count). The van der Waals surface area contributed by atoms with Gasteiger partial charge in [0.15, 0.2) is 0 Å². The molecular weight excluding hydrogens is 478 g/mol. The second-order valence-electron chi connectivity index (χ2n) is 5.83. The average Bonchev–Trinajstić information content (AvgIpc) is 3.08. The molecule has 5 heteroatoms. The maximum Gasteiger partial charge on any atom is 0.138 e. The molecule has 0 radical (unpaired) electrons. The number of hydrogen-bond donors (Lipinski definition) is 1. The van der Waals surface area contributed by atoms with Crippen molar-refractivity contribution in [3.8, 4) is 33.9 Å². The van der Waals surface area contributed by atoms with Crippen LogP contribution < -0.4 is 0 Å². The van der Waals surface area contributed by atoms with Crippen molar-refractivity contribution >= 4 is 45.8 Å². The Labute approximate surface area is 175 Å². The smallest absolute Gasteiger partial charge is 0.138 e. The van der Waals surface area contributed by atoms with E-state index < -0.39 is 0 Å².